The van der Waals surface area contributed by atoms with Crippen LogP contribution in [0.2, 0.25) is 5.02 Å². The summed E-state index contributed by atoms with van der Waals surface area (Å²) in [7, 11) is 1.30. The smallest absolute Gasteiger partial charge is 0.337 e. The Morgan fingerprint density at radius 3 is 2.62 bits per heavy atom. The summed E-state index contributed by atoms with van der Waals surface area (Å²) in [4.78, 5) is 23.6. The Balaban J connectivity index is 2.21. The van der Waals surface area contributed by atoms with Gasteiger partial charge in [0.1, 0.15) is 0 Å². The minimum Gasteiger partial charge on any atom is -0.465 e. The molecule has 0 aliphatic carbocycles. The molecule has 2 rings (SSSR count). The van der Waals surface area contributed by atoms with Crippen molar-refractivity contribution in [3.63, 3.8) is 0 Å². The lowest BCUT2D eigenvalue weighted by molar-refractivity contribution is 0.0600. The van der Waals surface area contributed by atoms with Gasteiger partial charge in [-0.15, -0.1) is 0 Å². The number of hydrogen-bond acceptors (Lipinski definition) is 3. The van der Waals surface area contributed by atoms with Crippen molar-refractivity contribution in [2.45, 2.75) is 0 Å². The van der Waals surface area contributed by atoms with E-state index in [-0.39, 0.29) is 5.91 Å². The molecule has 0 spiro atoms. The molecule has 2 aromatic carbocycles. The molecule has 6 heteroatoms. The number of anilines is 1. The van der Waals surface area contributed by atoms with E-state index in [0.29, 0.717) is 21.8 Å². The lowest BCUT2D eigenvalue weighted by Gasteiger charge is -2.08. The molecular formula is C15H11BrClNO3. The number of hydrogen-bond donors (Lipinski definition) is 1. The minimum absolute atomic E-state index is 0.339. The molecule has 4 nitrogen and oxygen atoms in total. The normalized spacial score (nSPS) is 10.0. The van der Waals surface area contributed by atoms with Crippen LogP contribution >= 0.6 is 27.5 Å². The second-order valence-corrected chi connectivity index (χ2v) is 5.47. The minimum atomic E-state index is -0.465. The van der Waals surface area contributed by atoms with Crippen LogP contribution < -0.4 is 5.32 Å². The maximum Gasteiger partial charge on any atom is 0.337 e. The maximum atomic E-state index is 12.2. The molecule has 0 saturated heterocycles. The van der Waals surface area contributed by atoms with Crippen molar-refractivity contribution < 1.29 is 14.3 Å². The van der Waals surface area contributed by atoms with Crippen LogP contribution in [0.3, 0.4) is 0 Å². The first-order chi connectivity index (χ1) is 10.0. The number of nitrogens with one attached hydrogen (secondary N) is 1. The molecule has 0 aromatic heterocycles. The quantitative estimate of drug-likeness (QED) is 0.828. The van der Waals surface area contributed by atoms with Gasteiger partial charge in [0.25, 0.3) is 5.91 Å². The number of methoxy groups -OCH3 is 1. The molecule has 0 fully saturated rings. The summed E-state index contributed by atoms with van der Waals surface area (Å²) in [6, 6.07) is 11.5. The number of halogens is 2. The SMILES string of the molecule is COC(=O)c1cccc(NC(=O)c2ccc(Br)cc2Cl)c1. The molecule has 0 radical (unpaired) electrons. The summed E-state index contributed by atoms with van der Waals surface area (Å²) in [5.74, 6) is -0.817. The monoisotopic (exact) mass is 367 g/mol. The van der Waals surface area contributed by atoms with Gasteiger partial charge in [0.15, 0.2) is 0 Å². The average molecular weight is 369 g/mol. The van der Waals surface area contributed by atoms with Crippen molar-refractivity contribution in [3.8, 4) is 0 Å². The molecule has 0 heterocycles. The molecular weight excluding hydrogens is 358 g/mol. The highest BCUT2D eigenvalue weighted by atomic mass is 79.9. The van der Waals surface area contributed by atoms with Crippen molar-refractivity contribution in [1.29, 1.82) is 0 Å². The predicted molar refractivity (Wildman–Crippen MR) is 84.9 cm³/mol. The number of ether oxygens (including phenoxy) is 1. The van der Waals surface area contributed by atoms with Crippen LogP contribution in [0.15, 0.2) is 46.9 Å². The summed E-state index contributed by atoms with van der Waals surface area (Å²) in [6.07, 6.45) is 0. The van der Waals surface area contributed by atoms with E-state index in [1.807, 2.05) is 0 Å². The fourth-order valence-corrected chi connectivity index (χ4v) is 2.47. The van der Waals surface area contributed by atoms with Gasteiger partial charge in [0, 0.05) is 10.2 Å². The van der Waals surface area contributed by atoms with Crippen LogP contribution in [0.5, 0.6) is 0 Å². The number of rotatable bonds is 3. The van der Waals surface area contributed by atoms with Gasteiger partial charge in [-0.25, -0.2) is 4.79 Å². The molecule has 21 heavy (non-hydrogen) atoms. The topological polar surface area (TPSA) is 55.4 Å². The zero-order chi connectivity index (χ0) is 15.4. The third-order valence-corrected chi connectivity index (χ3v) is 3.52. The van der Waals surface area contributed by atoms with Gasteiger partial charge in [-0.1, -0.05) is 33.6 Å². The van der Waals surface area contributed by atoms with Gasteiger partial charge in [-0.05, 0) is 36.4 Å². The average Bonchev–Trinajstić information content (AvgIpc) is 2.46. The van der Waals surface area contributed by atoms with Crippen molar-refractivity contribution in [3.05, 3.63) is 63.1 Å². The summed E-state index contributed by atoms with van der Waals surface area (Å²) in [5.41, 5.74) is 1.20. The summed E-state index contributed by atoms with van der Waals surface area (Å²) in [5, 5.41) is 3.03. The Labute approximate surface area is 135 Å². The molecule has 0 atom stereocenters. The fraction of sp³-hybridized carbons (Fsp3) is 0.0667. The van der Waals surface area contributed by atoms with Crippen molar-refractivity contribution >= 4 is 45.1 Å². The van der Waals surface area contributed by atoms with Gasteiger partial charge in [0.05, 0.1) is 23.3 Å². The first-order valence-electron chi connectivity index (χ1n) is 5.96. The Bertz CT molecular complexity index is 703. The lowest BCUT2D eigenvalue weighted by atomic mass is 10.1. The van der Waals surface area contributed by atoms with Crippen LogP contribution in [0.4, 0.5) is 5.69 Å². The highest BCUT2D eigenvalue weighted by molar-refractivity contribution is 9.10. The molecule has 108 valence electrons. The zero-order valence-corrected chi connectivity index (χ0v) is 13.4. The van der Waals surface area contributed by atoms with E-state index in [4.69, 9.17) is 11.6 Å². The van der Waals surface area contributed by atoms with Gasteiger partial charge >= 0.3 is 5.97 Å². The van der Waals surface area contributed by atoms with Crippen LogP contribution in [0.25, 0.3) is 0 Å². The highest BCUT2D eigenvalue weighted by Gasteiger charge is 2.12. The standard InChI is InChI=1S/C15H11BrClNO3/c1-21-15(20)9-3-2-4-11(7-9)18-14(19)12-6-5-10(16)8-13(12)17/h2-8H,1H3,(H,18,19). The molecule has 1 amide bonds. The second-order valence-electron chi connectivity index (χ2n) is 4.15. The Morgan fingerprint density at radius 2 is 1.95 bits per heavy atom. The Kier molecular flexibility index (Phi) is 4.98. The van der Waals surface area contributed by atoms with E-state index in [1.165, 1.54) is 13.2 Å². The molecule has 1 N–H and O–H groups in total. The van der Waals surface area contributed by atoms with Crippen molar-refractivity contribution in [2.75, 3.05) is 12.4 Å². The van der Waals surface area contributed by atoms with Gasteiger partial charge in [-0.3, -0.25) is 4.79 Å². The van der Waals surface area contributed by atoms with Gasteiger partial charge < -0.3 is 10.1 Å². The fourth-order valence-electron chi connectivity index (χ4n) is 1.71. The molecule has 0 saturated carbocycles. The maximum absolute atomic E-state index is 12.2. The van der Waals surface area contributed by atoms with Crippen LogP contribution in [0, 0.1) is 0 Å². The zero-order valence-electron chi connectivity index (χ0n) is 11.0. The molecule has 0 bridgehead atoms. The third-order valence-electron chi connectivity index (χ3n) is 2.72. The number of amides is 1. The largest absolute Gasteiger partial charge is 0.465 e. The molecule has 0 aliphatic rings. The second kappa shape index (κ2) is 6.74. The van der Waals surface area contributed by atoms with Crippen molar-refractivity contribution in [1.82, 2.24) is 0 Å². The first kappa shape index (κ1) is 15.5. The summed E-state index contributed by atoms with van der Waals surface area (Å²) < 4.78 is 5.42. The number of benzene rings is 2. The lowest BCUT2D eigenvalue weighted by Crippen LogP contribution is -2.13. The molecule has 0 unspecified atom stereocenters. The van der Waals surface area contributed by atoms with E-state index >= 15 is 0 Å². The van der Waals surface area contributed by atoms with Crippen LogP contribution in [0.1, 0.15) is 20.7 Å². The highest BCUT2D eigenvalue weighted by Crippen LogP contribution is 2.22. The van der Waals surface area contributed by atoms with Crippen LogP contribution in [-0.4, -0.2) is 19.0 Å². The number of esters is 1. The number of carbonyl (C=O) groups is 2. The first-order valence-corrected chi connectivity index (χ1v) is 7.13. The number of carbonyl (C=O) groups excluding carboxylic acids is 2. The predicted octanol–water partition coefficient (Wildman–Crippen LogP) is 4.14. The third kappa shape index (κ3) is 3.83. The van der Waals surface area contributed by atoms with E-state index < -0.39 is 5.97 Å². The van der Waals surface area contributed by atoms with Gasteiger partial charge in [0.2, 0.25) is 0 Å². The Hall–Kier alpha value is -1.85. The summed E-state index contributed by atoms with van der Waals surface area (Å²) >= 11 is 9.31. The van der Waals surface area contributed by atoms with E-state index in [2.05, 4.69) is 26.0 Å². The Morgan fingerprint density at radius 1 is 1.19 bits per heavy atom. The van der Waals surface area contributed by atoms with E-state index in [9.17, 15) is 9.59 Å². The summed E-state index contributed by atoms with van der Waals surface area (Å²) in [6.45, 7) is 0. The molecule has 2 aromatic rings. The van der Waals surface area contributed by atoms with E-state index in [1.54, 1.807) is 36.4 Å². The van der Waals surface area contributed by atoms with Crippen molar-refractivity contribution in [2.24, 2.45) is 0 Å². The van der Waals surface area contributed by atoms with Gasteiger partial charge in [-0.2, -0.15) is 0 Å². The van der Waals surface area contributed by atoms with Crippen LogP contribution in [-0.2, 0) is 4.74 Å². The van der Waals surface area contributed by atoms with E-state index in [0.717, 1.165) is 4.47 Å². The molecule has 0 aliphatic heterocycles.